The summed E-state index contributed by atoms with van der Waals surface area (Å²) in [6, 6.07) is 35.2. The standard InChI is InChI=1S/C23H18N2/c1-4-10-19(11-5-1)23-18-22(16-17-24-23)25(20-12-6-2-7-13-20)21-14-8-3-9-15-21/h1-18H. The van der Waals surface area contributed by atoms with Gasteiger partial charge in [0.05, 0.1) is 5.69 Å². The van der Waals surface area contributed by atoms with Crippen molar-refractivity contribution in [3.63, 3.8) is 0 Å². The quantitative estimate of drug-likeness (QED) is 0.443. The molecule has 0 atom stereocenters. The van der Waals surface area contributed by atoms with E-state index in [2.05, 4.69) is 76.6 Å². The molecule has 2 nitrogen and oxygen atoms in total. The van der Waals surface area contributed by atoms with Crippen molar-refractivity contribution in [3.05, 3.63) is 109 Å². The molecule has 0 aliphatic carbocycles. The van der Waals surface area contributed by atoms with Crippen LogP contribution in [0.15, 0.2) is 109 Å². The zero-order valence-electron chi connectivity index (χ0n) is 13.8. The second-order valence-electron chi connectivity index (χ2n) is 5.77. The lowest BCUT2D eigenvalue weighted by molar-refractivity contribution is 1.24. The van der Waals surface area contributed by atoms with Crippen molar-refractivity contribution in [1.82, 2.24) is 4.98 Å². The molecule has 0 spiro atoms. The molecule has 0 aliphatic heterocycles. The number of anilines is 3. The van der Waals surface area contributed by atoms with Gasteiger partial charge in [-0.2, -0.15) is 0 Å². The Morgan fingerprint density at radius 1 is 0.520 bits per heavy atom. The fourth-order valence-electron chi connectivity index (χ4n) is 2.93. The number of nitrogens with zero attached hydrogens (tertiary/aromatic N) is 2. The molecule has 0 unspecified atom stereocenters. The van der Waals surface area contributed by atoms with Gasteiger partial charge in [-0.3, -0.25) is 4.98 Å². The summed E-state index contributed by atoms with van der Waals surface area (Å²) in [5.74, 6) is 0. The van der Waals surface area contributed by atoms with Crippen LogP contribution in [0.2, 0.25) is 0 Å². The van der Waals surface area contributed by atoms with Crippen molar-refractivity contribution in [1.29, 1.82) is 0 Å². The Balaban J connectivity index is 1.83. The fourth-order valence-corrected chi connectivity index (χ4v) is 2.93. The predicted octanol–water partition coefficient (Wildman–Crippen LogP) is 6.22. The molecule has 0 radical (unpaired) electrons. The van der Waals surface area contributed by atoms with Gasteiger partial charge in [0.25, 0.3) is 0 Å². The van der Waals surface area contributed by atoms with Crippen LogP contribution in [0, 0.1) is 0 Å². The molecule has 2 heteroatoms. The molecule has 4 aromatic rings. The second-order valence-corrected chi connectivity index (χ2v) is 5.77. The molecule has 120 valence electrons. The summed E-state index contributed by atoms with van der Waals surface area (Å²) in [5.41, 5.74) is 5.42. The maximum absolute atomic E-state index is 4.55. The number of hydrogen-bond acceptors (Lipinski definition) is 2. The van der Waals surface area contributed by atoms with Gasteiger partial charge >= 0.3 is 0 Å². The van der Waals surface area contributed by atoms with Gasteiger partial charge in [0.1, 0.15) is 0 Å². The van der Waals surface area contributed by atoms with Crippen molar-refractivity contribution in [3.8, 4) is 11.3 Å². The first-order valence-corrected chi connectivity index (χ1v) is 8.33. The number of para-hydroxylation sites is 2. The third-order valence-corrected chi connectivity index (χ3v) is 4.10. The third-order valence-electron chi connectivity index (χ3n) is 4.10. The number of rotatable bonds is 4. The largest absolute Gasteiger partial charge is 0.310 e. The smallest absolute Gasteiger partial charge is 0.0722 e. The van der Waals surface area contributed by atoms with Gasteiger partial charge in [-0.15, -0.1) is 0 Å². The average molecular weight is 322 g/mol. The minimum absolute atomic E-state index is 0.968. The molecule has 0 saturated carbocycles. The van der Waals surface area contributed by atoms with Gasteiger partial charge in [-0.25, -0.2) is 0 Å². The Bertz CT molecular complexity index is 896. The van der Waals surface area contributed by atoms with E-state index < -0.39 is 0 Å². The molecule has 0 saturated heterocycles. The Morgan fingerprint density at radius 2 is 1.04 bits per heavy atom. The normalized spacial score (nSPS) is 10.4. The highest BCUT2D eigenvalue weighted by Gasteiger charge is 2.12. The van der Waals surface area contributed by atoms with Gasteiger partial charge in [0.15, 0.2) is 0 Å². The van der Waals surface area contributed by atoms with Crippen molar-refractivity contribution in [2.75, 3.05) is 4.90 Å². The number of hydrogen-bond donors (Lipinski definition) is 0. The number of aromatic nitrogens is 1. The van der Waals surface area contributed by atoms with Gasteiger partial charge in [-0.05, 0) is 36.4 Å². The summed E-state index contributed by atoms with van der Waals surface area (Å²) in [6.07, 6.45) is 1.87. The van der Waals surface area contributed by atoms with Crippen LogP contribution in [-0.2, 0) is 0 Å². The van der Waals surface area contributed by atoms with Crippen molar-refractivity contribution in [2.45, 2.75) is 0 Å². The molecule has 0 N–H and O–H groups in total. The highest BCUT2D eigenvalue weighted by Crippen LogP contribution is 2.35. The first-order chi connectivity index (χ1) is 12.4. The molecule has 25 heavy (non-hydrogen) atoms. The zero-order valence-corrected chi connectivity index (χ0v) is 13.8. The maximum Gasteiger partial charge on any atom is 0.0722 e. The van der Waals surface area contributed by atoms with Gasteiger partial charge < -0.3 is 4.90 Å². The van der Waals surface area contributed by atoms with Crippen LogP contribution < -0.4 is 4.90 Å². The van der Waals surface area contributed by atoms with Crippen molar-refractivity contribution in [2.24, 2.45) is 0 Å². The molecular formula is C23H18N2. The van der Waals surface area contributed by atoms with Crippen LogP contribution in [0.5, 0.6) is 0 Å². The third kappa shape index (κ3) is 3.29. The second kappa shape index (κ2) is 7.02. The van der Waals surface area contributed by atoms with E-state index in [1.54, 1.807) is 0 Å². The molecule has 3 aromatic carbocycles. The number of benzene rings is 3. The SMILES string of the molecule is c1ccc(-c2cc(N(c3ccccc3)c3ccccc3)ccn2)cc1. The highest BCUT2D eigenvalue weighted by molar-refractivity contribution is 5.78. The van der Waals surface area contributed by atoms with Gasteiger partial charge in [-0.1, -0.05) is 66.7 Å². The lowest BCUT2D eigenvalue weighted by Crippen LogP contribution is -2.09. The van der Waals surface area contributed by atoms with Crippen LogP contribution in [0.4, 0.5) is 17.1 Å². The number of pyridine rings is 1. The Morgan fingerprint density at radius 3 is 1.60 bits per heavy atom. The Hall–Kier alpha value is -3.39. The summed E-state index contributed by atoms with van der Waals surface area (Å²) >= 11 is 0. The lowest BCUT2D eigenvalue weighted by atomic mass is 10.1. The summed E-state index contributed by atoms with van der Waals surface area (Å²) in [6.45, 7) is 0. The zero-order chi connectivity index (χ0) is 16.9. The van der Waals surface area contributed by atoms with Crippen LogP contribution >= 0.6 is 0 Å². The Labute approximate surface area is 148 Å². The lowest BCUT2D eigenvalue weighted by Gasteiger charge is -2.25. The minimum atomic E-state index is 0.968. The summed E-state index contributed by atoms with van der Waals surface area (Å²) in [7, 11) is 0. The average Bonchev–Trinajstić information content (AvgIpc) is 2.71. The summed E-state index contributed by atoms with van der Waals surface area (Å²) < 4.78 is 0. The van der Waals surface area contributed by atoms with Gasteiger partial charge in [0, 0.05) is 28.8 Å². The summed E-state index contributed by atoms with van der Waals surface area (Å²) in [4.78, 5) is 6.80. The van der Waals surface area contributed by atoms with E-state index in [0.717, 1.165) is 28.3 Å². The van der Waals surface area contributed by atoms with Crippen molar-refractivity contribution >= 4 is 17.1 Å². The van der Waals surface area contributed by atoms with Crippen LogP contribution in [-0.4, -0.2) is 4.98 Å². The maximum atomic E-state index is 4.55. The topological polar surface area (TPSA) is 16.1 Å². The molecule has 0 amide bonds. The molecule has 0 aliphatic rings. The molecule has 0 fully saturated rings. The van der Waals surface area contributed by atoms with E-state index in [1.165, 1.54) is 0 Å². The van der Waals surface area contributed by atoms with E-state index in [4.69, 9.17) is 0 Å². The van der Waals surface area contributed by atoms with Crippen LogP contribution in [0.1, 0.15) is 0 Å². The molecule has 4 rings (SSSR count). The van der Waals surface area contributed by atoms with E-state index >= 15 is 0 Å². The van der Waals surface area contributed by atoms with Crippen LogP contribution in [0.25, 0.3) is 11.3 Å². The van der Waals surface area contributed by atoms with E-state index in [-0.39, 0.29) is 0 Å². The monoisotopic (exact) mass is 322 g/mol. The predicted molar refractivity (Wildman–Crippen MR) is 104 cm³/mol. The minimum Gasteiger partial charge on any atom is -0.310 e. The fraction of sp³-hybridized carbons (Fsp3) is 0. The summed E-state index contributed by atoms with van der Waals surface area (Å²) in [5, 5.41) is 0. The molecule has 1 heterocycles. The van der Waals surface area contributed by atoms with Crippen LogP contribution in [0.3, 0.4) is 0 Å². The van der Waals surface area contributed by atoms with Gasteiger partial charge in [0.2, 0.25) is 0 Å². The highest BCUT2D eigenvalue weighted by atomic mass is 15.1. The first-order valence-electron chi connectivity index (χ1n) is 8.33. The van der Waals surface area contributed by atoms with E-state index in [9.17, 15) is 0 Å². The van der Waals surface area contributed by atoms with E-state index in [1.807, 2.05) is 42.6 Å². The first kappa shape index (κ1) is 15.2. The molecular weight excluding hydrogens is 304 g/mol. The van der Waals surface area contributed by atoms with E-state index in [0.29, 0.717) is 0 Å². The Kier molecular flexibility index (Phi) is 4.25. The molecule has 1 aromatic heterocycles. The molecule has 0 bridgehead atoms. The van der Waals surface area contributed by atoms with Crippen molar-refractivity contribution < 1.29 is 0 Å².